The second kappa shape index (κ2) is 4.92. The van der Waals surface area contributed by atoms with Gasteiger partial charge in [-0.15, -0.1) is 11.3 Å². The first-order valence-electron chi connectivity index (χ1n) is 4.99. The molecule has 1 amide bonds. The number of amides is 1. The number of aromatic hydroxyl groups is 1. The van der Waals surface area contributed by atoms with Crippen molar-refractivity contribution in [2.75, 3.05) is 0 Å². The third-order valence-corrected chi connectivity index (χ3v) is 3.19. The van der Waals surface area contributed by atoms with Gasteiger partial charge in [-0.1, -0.05) is 0 Å². The van der Waals surface area contributed by atoms with Crippen LogP contribution in [0.4, 0.5) is 0 Å². The highest BCUT2D eigenvalue weighted by Gasteiger charge is 2.12. The van der Waals surface area contributed by atoms with Crippen molar-refractivity contribution >= 4 is 17.2 Å². The van der Waals surface area contributed by atoms with Crippen LogP contribution in [0, 0.1) is 6.92 Å². The number of carbonyl (C=O) groups is 1. The molecule has 2 aromatic rings. The number of nitrogens with zero attached hydrogens (tertiary/aromatic N) is 2. The Balaban J connectivity index is 2.04. The van der Waals surface area contributed by atoms with Gasteiger partial charge in [0.05, 0.1) is 17.7 Å². The molecule has 0 unspecified atom stereocenters. The predicted octanol–water partition coefficient (Wildman–Crippen LogP) is 1.48. The molecule has 2 aromatic heterocycles. The molecule has 0 radical (unpaired) electrons. The summed E-state index contributed by atoms with van der Waals surface area (Å²) >= 11 is 1.48. The standard InChI is InChI=1S/C11H11N3O2S/c1-7-9(17-6-14-7)5-13-11(16)10-8(15)3-2-4-12-10/h2-4,6,15H,5H2,1H3,(H,13,16). The summed E-state index contributed by atoms with van der Waals surface area (Å²) in [5.74, 6) is -0.512. The van der Waals surface area contributed by atoms with E-state index in [0.717, 1.165) is 10.6 Å². The third kappa shape index (κ3) is 2.59. The van der Waals surface area contributed by atoms with E-state index in [-0.39, 0.29) is 11.4 Å². The van der Waals surface area contributed by atoms with E-state index in [9.17, 15) is 9.90 Å². The quantitative estimate of drug-likeness (QED) is 0.864. The summed E-state index contributed by atoms with van der Waals surface area (Å²) in [5.41, 5.74) is 2.67. The first-order chi connectivity index (χ1) is 8.18. The van der Waals surface area contributed by atoms with Crippen LogP contribution in [0.3, 0.4) is 0 Å². The fourth-order valence-corrected chi connectivity index (χ4v) is 2.03. The van der Waals surface area contributed by atoms with Crippen molar-refractivity contribution in [3.05, 3.63) is 40.1 Å². The van der Waals surface area contributed by atoms with Crippen LogP contribution in [0.1, 0.15) is 21.1 Å². The molecule has 0 fully saturated rings. The number of aromatic nitrogens is 2. The van der Waals surface area contributed by atoms with Crippen LogP contribution >= 0.6 is 11.3 Å². The first kappa shape index (κ1) is 11.5. The van der Waals surface area contributed by atoms with Crippen molar-refractivity contribution in [3.8, 4) is 5.75 Å². The van der Waals surface area contributed by atoms with Crippen molar-refractivity contribution < 1.29 is 9.90 Å². The fraction of sp³-hybridized carbons (Fsp3) is 0.182. The fourth-order valence-electron chi connectivity index (χ4n) is 1.31. The molecule has 0 saturated heterocycles. The molecule has 2 rings (SSSR count). The number of thiazole rings is 1. The Morgan fingerprint density at radius 3 is 3.00 bits per heavy atom. The molecule has 0 saturated carbocycles. The molecule has 0 aliphatic carbocycles. The van der Waals surface area contributed by atoms with E-state index in [1.54, 1.807) is 11.6 Å². The molecule has 0 aliphatic heterocycles. The van der Waals surface area contributed by atoms with E-state index >= 15 is 0 Å². The third-order valence-electron chi connectivity index (χ3n) is 2.26. The van der Waals surface area contributed by atoms with Crippen molar-refractivity contribution in [1.82, 2.24) is 15.3 Å². The minimum atomic E-state index is -0.393. The summed E-state index contributed by atoms with van der Waals surface area (Å²) in [5, 5.41) is 12.2. The number of rotatable bonds is 3. The highest BCUT2D eigenvalue weighted by Crippen LogP contribution is 2.14. The molecule has 2 heterocycles. The molecule has 88 valence electrons. The summed E-state index contributed by atoms with van der Waals surface area (Å²) in [7, 11) is 0. The Hall–Kier alpha value is -1.95. The summed E-state index contributed by atoms with van der Waals surface area (Å²) in [6, 6.07) is 3.00. The number of hydrogen-bond acceptors (Lipinski definition) is 5. The molecular formula is C11H11N3O2S. The Morgan fingerprint density at radius 1 is 1.53 bits per heavy atom. The Morgan fingerprint density at radius 2 is 2.35 bits per heavy atom. The predicted molar refractivity (Wildman–Crippen MR) is 63.9 cm³/mol. The lowest BCUT2D eigenvalue weighted by Gasteiger charge is -2.04. The second-order valence-corrected chi connectivity index (χ2v) is 4.35. The van der Waals surface area contributed by atoms with Crippen LogP contribution in [0.15, 0.2) is 23.8 Å². The zero-order valence-electron chi connectivity index (χ0n) is 9.17. The van der Waals surface area contributed by atoms with E-state index < -0.39 is 5.91 Å². The Labute approximate surface area is 102 Å². The molecule has 2 N–H and O–H groups in total. The van der Waals surface area contributed by atoms with Gasteiger partial charge in [0.15, 0.2) is 5.69 Å². The lowest BCUT2D eigenvalue weighted by Crippen LogP contribution is -2.23. The normalized spacial score (nSPS) is 10.2. The second-order valence-electron chi connectivity index (χ2n) is 3.41. The maximum Gasteiger partial charge on any atom is 0.274 e. The van der Waals surface area contributed by atoms with Gasteiger partial charge in [0, 0.05) is 11.1 Å². The summed E-state index contributed by atoms with van der Waals surface area (Å²) in [4.78, 5) is 20.6. The molecular weight excluding hydrogens is 238 g/mol. The van der Waals surface area contributed by atoms with E-state index in [1.165, 1.54) is 23.6 Å². The average molecular weight is 249 g/mol. The van der Waals surface area contributed by atoms with E-state index in [0.29, 0.717) is 6.54 Å². The molecule has 0 bridgehead atoms. The molecule has 0 atom stereocenters. The van der Waals surface area contributed by atoms with E-state index in [2.05, 4.69) is 15.3 Å². The van der Waals surface area contributed by atoms with Crippen molar-refractivity contribution in [2.24, 2.45) is 0 Å². The topological polar surface area (TPSA) is 75.1 Å². The lowest BCUT2D eigenvalue weighted by molar-refractivity contribution is 0.0943. The molecule has 5 nitrogen and oxygen atoms in total. The zero-order chi connectivity index (χ0) is 12.3. The van der Waals surface area contributed by atoms with Gasteiger partial charge in [-0.25, -0.2) is 9.97 Å². The van der Waals surface area contributed by atoms with E-state index in [4.69, 9.17) is 0 Å². The minimum absolute atomic E-state index is 0.0367. The molecule has 17 heavy (non-hydrogen) atoms. The summed E-state index contributed by atoms with van der Waals surface area (Å²) < 4.78 is 0. The van der Waals surface area contributed by atoms with Crippen LogP contribution in [0.5, 0.6) is 5.75 Å². The maximum absolute atomic E-state index is 11.7. The lowest BCUT2D eigenvalue weighted by atomic mass is 10.3. The number of hydrogen-bond donors (Lipinski definition) is 2. The number of nitrogens with one attached hydrogen (secondary N) is 1. The smallest absolute Gasteiger partial charge is 0.274 e. The zero-order valence-corrected chi connectivity index (χ0v) is 9.99. The van der Waals surface area contributed by atoms with Crippen LogP contribution in [0.25, 0.3) is 0 Å². The van der Waals surface area contributed by atoms with Gasteiger partial charge in [-0.3, -0.25) is 4.79 Å². The average Bonchev–Trinajstić information content (AvgIpc) is 2.72. The Bertz CT molecular complexity index is 539. The van der Waals surface area contributed by atoms with Gasteiger partial charge in [0.2, 0.25) is 0 Å². The molecule has 0 spiro atoms. The highest BCUT2D eigenvalue weighted by atomic mass is 32.1. The van der Waals surface area contributed by atoms with Crippen LogP contribution in [0.2, 0.25) is 0 Å². The summed E-state index contributed by atoms with van der Waals surface area (Å²) in [6.07, 6.45) is 1.46. The number of aryl methyl sites for hydroxylation is 1. The number of carbonyl (C=O) groups excluding carboxylic acids is 1. The van der Waals surface area contributed by atoms with Gasteiger partial charge in [-0.05, 0) is 19.1 Å². The van der Waals surface area contributed by atoms with Crippen molar-refractivity contribution in [1.29, 1.82) is 0 Å². The molecule has 0 aromatic carbocycles. The van der Waals surface area contributed by atoms with Crippen molar-refractivity contribution in [3.63, 3.8) is 0 Å². The number of pyridine rings is 1. The van der Waals surface area contributed by atoms with Crippen LogP contribution in [-0.2, 0) is 6.54 Å². The van der Waals surface area contributed by atoms with E-state index in [1.807, 2.05) is 6.92 Å². The van der Waals surface area contributed by atoms with Gasteiger partial charge in [0.25, 0.3) is 5.91 Å². The minimum Gasteiger partial charge on any atom is -0.505 e. The Kier molecular flexibility index (Phi) is 3.34. The molecule has 6 heteroatoms. The van der Waals surface area contributed by atoms with Gasteiger partial charge in [0.1, 0.15) is 5.75 Å². The first-order valence-corrected chi connectivity index (χ1v) is 5.87. The highest BCUT2D eigenvalue weighted by molar-refractivity contribution is 7.09. The van der Waals surface area contributed by atoms with Gasteiger partial charge >= 0.3 is 0 Å². The van der Waals surface area contributed by atoms with Gasteiger partial charge < -0.3 is 10.4 Å². The van der Waals surface area contributed by atoms with Crippen LogP contribution in [-0.4, -0.2) is 21.0 Å². The van der Waals surface area contributed by atoms with Gasteiger partial charge in [-0.2, -0.15) is 0 Å². The molecule has 0 aliphatic rings. The maximum atomic E-state index is 11.7. The SMILES string of the molecule is Cc1ncsc1CNC(=O)c1ncccc1O. The van der Waals surface area contributed by atoms with Crippen molar-refractivity contribution in [2.45, 2.75) is 13.5 Å². The summed E-state index contributed by atoms with van der Waals surface area (Å²) in [6.45, 7) is 2.28. The largest absolute Gasteiger partial charge is 0.505 e. The monoisotopic (exact) mass is 249 g/mol. The van der Waals surface area contributed by atoms with Crippen LogP contribution < -0.4 is 5.32 Å².